The molecule has 0 aliphatic carbocycles. The Bertz CT molecular complexity index is 337. The van der Waals surface area contributed by atoms with Crippen LogP contribution in [0.3, 0.4) is 0 Å². The van der Waals surface area contributed by atoms with Crippen LogP contribution in [0.2, 0.25) is 0 Å². The number of rotatable bonds is 3. The number of hydrogen-bond donors (Lipinski definition) is 1. The molecule has 0 saturated carbocycles. The Morgan fingerprint density at radius 2 is 2.27 bits per heavy atom. The van der Waals surface area contributed by atoms with E-state index in [4.69, 9.17) is 4.74 Å². The Hall–Kier alpha value is -0.0600. The van der Waals surface area contributed by atoms with Crippen molar-refractivity contribution in [2.45, 2.75) is 6.42 Å². The maximum absolute atomic E-state index is 5.34. The SMILES string of the molecule is Brc1ccc(NCC2CCOC2)c(Br)c1. The quantitative estimate of drug-likeness (QED) is 0.910. The maximum Gasteiger partial charge on any atom is 0.0511 e. The predicted molar refractivity (Wildman–Crippen MR) is 69.3 cm³/mol. The molecule has 1 aromatic rings. The van der Waals surface area contributed by atoms with Gasteiger partial charge in [0, 0.05) is 33.7 Å². The Morgan fingerprint density at radius 1 is 1.40 bits per heavy atom. The van der Waals surface area contributed by atoms with Gasteiger partial charge in [-0.15, -0.1) is 0 Å². The fourth-order valence-electron chi connectivity index (χ4n) is 1.63. The molecule has 1 atom stereocenters. The second kappa shape index (κ2) is 5.32. The number of anilines is 1. The zero-order valence-corrected chi connectivity index (χ0v) is 11.5. The average Bonchev–Trinajstić information content (AvgIpc) is 2.69. The van der Waals surface area contributed by atoms with E-state index in [1.54, 1.807) is 0 Å². The summed E-state index contributed by atoms with van der Waals surface area (Å²) in [6, 6.07) is 6.16. The van der Waals surface area contributed by atoms with Crippen LogP contribution >= 0.6 is 31.9 Å². The van der Waals surface area contributed by atoms with Crippen molar-refractivity contribution in [2.24, 2.45) is 5.92 Å². The highest BCUT2D eigenvalue weighted by atomic mass is 79.9. The maximum atomic E-state index is 5.34. The normalized spacial score (nSPS) is 20.5. The molecule has 2 nitrogen and oxygen atoms in total. The number of benzene rings is 1. The van der Waals surface area contributed by atoms with Crippen molar-refractivity contribution in [3.8, 4) is 0 Å². The first-order valence-corrected chi connectivity index (χ1v) is 6.61. The van der Waals surface area contributed by atoms with E-state index in [2.05, 4.69) is 43.2 Å². The topological polar surface area (TPSA) is 21.3 Å². The summed E-state index contributed by atoms with van der Waals surface area (Å²) in [5.41, 5.74) is 1.14. The van der Waals surface area contributed by atoms with Crippen molar-refractivity contribution >= 4 is 37.5 Å². The van der Waals surface area contributed by atoms with E-state index in [0.717, 1.165) is 34.4 Å². The molecule has 1 unspecified atom stereocenters. The van der Waals surface area contributed by atoms with Crippen molar-refractivity contribution in [1.29, 1.82) is 0 Å². The van der Waals surface area contributed by atoms with Gasteiger partial charge in [0.1, 0.15) is 0 Å². The van der Waals surface area contributed by atoms with Crippen molar-refractivity contribution < 1.29 is 4.74 Å². The van der Waals surface area contributed by atoms with E-state index < -0.39 is 0 Å². The van der Waals surface area contributed by atoms with Gasteiger partial charge in [-0.3, -0.25) is 0 Å². The molecule has 15 heavy (non-hydrogen) atoms. The van der Waals surface area contributed by atoms with E-state index >= 15 is 0 Å². The standard InChI is InChI=1S/C11H13Br2NO/c12-9-1-2-11(10(13)5-9)14-6-8-3-4-15-7-8/h1-2,5,8,14H,3-4,6-7H2. The number of hydrogen-bond acceptors (Lipinski definition) is 2. The summed E-state index contributed by atoms with van der Waals surface area (Å²) >= 11 is 6.97. The van der Waals surface area contributed by atoms with Gasteiger partial charge in [-0.05, 0) is 40.5 Å². The van der Waals surface area contributed by atoms with E-state index in [0.29, 0.717) is 5.92 Å². The van der Waals surface area contributed by atoms with Crippen LogP contribution in [0, 0.1) is 5.92 Å². The molecule has 1 saturated heterocycles. The Kier molecular flexibility index (Phi) is 4.05. The van der Waals surface area contributed by atoms with Gasteiger partial charge in [0.15, 0.2) is 0 Å². The van der Waals surface area contributed by atoms with E-state index in [1.807, 2.05) is 12.1 Å². The molecule has 1 aromatic carbocycles. The van der Waals surface area contributed by atoms with Gasteiger partial charge in [-0.1, -0.05) is 15.9 Å². The lowest BCUT2D eigenvalue weighted by Gasteiger charge is -2.12. The highest BCUT2D eigenvalue weighted by molar-refractivity contribution is 9.11. The minimum absolute atomic E-state index is 0.653. The van der Waals surface area contributed by atoms with Crippen molar-refractivity contribution in [2.75, 3.05) is 25.1 Å². The minimum Gasteiger partial charge on any atom is -0.384 e. The van der Waals surface area contributed by atoms with E-state index in [-0.39, 0.29) is 0 Å². The minimum atomic E-state index is 0.653. The van der Waals surface area contributed by atoms with Gasteiger partial charge >= 0.3 is 0 Å². The lowest BCUT2D eigenvalue weighted by atomic mass is 10.1. The van der Waals surface area contributed by atoms with Crippen LogP contribution in [0.5, 0.6) is 0 Å². The Labute approximate surface area is 107 Å². The first kappa shape index (κ1) is 11.4. The molecule has 1 aliphatic heterocycles. The van der Waals surface area contributed by atoms with Crippen LogP contribution in [0.1, 0.15) is 6.42 Å². The molecule has 0 aromatic heterocycles. The van der Waals surface area contributed by atoms with Gasteiger partial charge in [-0.2, -0.15) is 0 Å². The van der Waals surface area contributed by atoms with Crippen LogP contribution in [0.15, 0.2) is 27.1 Å². The molecule has 82 valence electrons. The van der Waals surface area contributed by atoms with E-state index in [9.17, 15) is 0 Å². The summed E-state index contributed by atoms with van der Waals surface area (Å²) in [4.78, 5) is 0. The molecule has 0 radical (unpaired) electrons. The van der Waals surface area contributed by atoms with Gasteiger partial charge in [0.2, 0.25) is 0 Å². The molecule has 0 amide bonds. The van der Waals surface area contributed by atoms with Gasteiger partial charge in [0.05, 0.1) is 6.61 Å². The highest BCUT2D eigenvalue weighted by Gasteiger charge is 2.15. The summed E-state index contributed by atoms with van der Waals surface area (Å²) in [5, 5.41) is 3.43. The molecule has 0 bridgehead atoms. The summed E-state index contributed by atoms with van der Waals surface area (Å²) in [5.74, 6) is 0.653. The smallest absolute Gasteiger partial charge is 0.0511 e. The second-order valence-corrected chi connectivity index (χ2v) is 5.50. The van der Waals surface area contributed by atoms with Crippen molar-refractivity contribution in [3.05, 3.63) is 27.1 Å². The molecular formula is C11H13Br2NO. The molecule has 1 fully saturated rings. The van der Waals surface area contributed by atoms with Crippen LogP contribution in [0.25, 0.3) is 0 Å². The monoisotopic (exact) mass is 333 g/mol. The van der Waals surface area contributed by atoms with Crippen LogP contribution < -0.4 is 5.32 Å². The fraction of sp³-hybridized carbons (Fsp3) is 0.455. The third kappa shape index (κ3) is 3.20. The van der Waals surface area contributed by atoms with Gasteiger partial charge in [-0.25, -0.2) is 0 Å². The number of nitrogens with one attached hydrogen (secondary N) is 1. The molecule has 4 heteroatoms. The molecule has 1 heterocycles. The molecule has 1 N–H and O–H groups in total. The van der Waals surface area contributed by atoms with Crippen LogP contribution in [-0.4, -0.2) is 19.8 Å². The number of halogens is 2. The number of ether oxygens (including phenoxy) is 1. The lowest BCUT2D eigenvalue weighted by molar-refractivity contribution is 0.187. The second-order valence-electron chi connectivity index (χ2n) is 3.73. The zero-order chi connectivity index (χ0) is 10.7. The zero-order valence-electron chi connectivity index (χ0n) is 8.30. The summed E-state index contributed by atoms with van der Waals surface area (Å²) in [6.07, 6.45) is 1.17. The molecular weight excluding hydrogens is 322 g/mol. The molecule has 2 rings (SSSR count). The molecule has 0 spiro atoms. The first-order chi connectivity index (χ1) is 7.25. The Morgan fingerprint density at radius 3 is 2.93 bits per heavy atom. The molecule has 1 aliphatic rings. The van der Waals surface area contributed by atoms with Crippen LogP contribution in [-0.2, 0) is 4.74 Å². The van der Waals surface area contributed by atoms with Crippen LogP contribution in [0.4, 0.5) is 5.69 Å². The Balaban J connectivity index is 1.92. The third-order valence-corrected chi connectivity index (χ3v) is 3.69. The summed E-state index contributed by atoms with van der Waals surface area (Å²) in [6.45, 7) is 2.79. The predicted octanol–water partition coefficient (Wildman–Crippen LogP) is 3.66. The highest BCUT2D eigenvalue weighted by Crippen LogP contribution is 2.26. The average molecular weight is 335 g/mol. The summed E-state index contributed by atoms with van der Waals surface area (Å²) in [7, 11) is 0. The largest absolute Gasteiger partial charge is 0.384 e. The van der Waals surface area contributed by atoms with Crippen molar-refractivity contribution in [3.63, 3.8) is 0 Å². The van der Waals surface area contributed by atoms with Gasteiger partial charge in [0.25, 0.3) is 0 Å². The first-order valence-electron chi connectivity index (χ1n) is 5.02. The summed E-state index contributed by atoms with van der Waals surface area (Å²) < 4.78 is 7.52. The van der Waals surface area contributed by atoms with Gasteiger partial charge < -0.3 is 10.1 Å². The lowest BCUT2D eigenvalue weighted by Crippen LogP contribution is -2.14. The van der Waals surface area contributed by atoms with Crippen molar-refractivity contribution in [1.82, 2.24) is 0 Å². The van der Waals surface area contributed by atoms with E-state index in [1.165, 1.54) is 6.42 Å². The fourth-order valence-corrected chi connectivity index (χ4v) is 2.82. The third-order valence-electron chi connectivity index (χ3n) is 2.54.